The van der Waals surface area contributed by atoms with E-state index in [1.165, 1.54) is 29.6 Å². The molecule has 0 saturated carbocycles. The first-order valence-corrected chi connectivity index (χ1v) is 10.8. The predicted molar refractivity (Wildman–Crippen MR) is 115 cm³/mol. The summed E-state index contributed by atoms with van der Waals surface area (Å²) in [5, 5.41) is 17.0. The van der Waals surface area contributed by atoms with Crippen molar-refractivity contribution in [3.05, 3.63) is 53.1 Å². The van der Waals surface area contributed by atoms with Gasteiger partial charge in [0, 0.05) is 30.9 Å². The molecule has 0 radical (unpaired) electrons. The lowest BCUT2D eigenvalue weighted by Gasteiger charge is -2.55. The van der Waals surface area contributed by atoms with Crippen LogP contribution < -0.4 is 15.5 Å². The number of ether oxygens (including phenoxy) is 1. The number of hydrogen-bond donors (Lipinski definition) is 3. The summed E-state index contributed by atoms with van der Waals surface area (Å²) in [7, 11) is 0. The number of carbonyl (C=O) groups is 3. The van der Waals surface area contributed by atoms with E-state index in [0.29, 0.717) is 0 Å². The molecule has 3 atom stereocenters. The van der Waals surface area contributed by atoms with Gasteiger partial charge < -0.3 is 14.8 Å². The molecular formula is C22H20F2N6O5. The molecule has 0 unspecified atom stereocenters. The van der Waals surface area contributed by atoms with Crippen LogP contribution in [0.3, 0.4) is 0 Å². The highest BCUT2D eigenvalue weighted by Gasteiger charge is 2.63. The van der Waals surface area contributed by atoms with Crippen molar-refractivity contribution < 1.29 is 33.1 Å². The summed E-state index contributed by atoms with van der Waals surface area (Å²) >= 11 is 0. The zero-order valence-corrected chi connectivity index (χ0v) is 18.6. The van der Waals surface area contributed by atoms with Crippen molar-refractivity contribution in [1.82, 2.24) is 20.6 Å². The Kier molecular flexibility index (Phi) is 5.24. The molecule has 182 valence electrons. The number of carbonyl (C=O) groups excluding carboxylic acids is 3. The van der Waals surface area contributed by atoms with E-state index in [1.54, 1.807) is 13.8 Å². The quantitative estimate of drug-likeness (QED) is 0.245. The second kappa shape index (κ2) is 8.05. The summed E-state index contributed by atoms with van der Waals surface area (Å²) in [6, 6.07) is -0.772. The number of fused-ring (bicyclic) bond motifs is 4. The van der Waals surface area contributed by atoms with Crippen molar-refractivity contribution in [2.24, 2.45) is 10.6 Å². The van der Waals surface area contributed by atoms with Gasteiger partial charge in [-0.3, -0.25) is 30.2 Å². The fourth-order valence-corrected chi connectivity index (χ4v) is 5.37. The summed E-state index contributed by atoms with van der Waals surface area (Å²) in [4.78, 5) is 47.5. The van der Waals surface area contributed by atoms with Crippen LogP contribution in [0.15, 0.2) is 29.8 Å². The zero-order valence-electron chi connectivity index (χ0n) is 18.6. The molecule has 5 rings (SSSR count). The average molecular weight is 486 g/mol. The minimum Gasteiger partial charge on any atom is -0.410 e. The highest BCUT2D eigenvalue weighted by atomic mass is 19.2. The number of barbiturate groups is 1. The number of urea groups is 1. The number of oxime groups is 1. The second-order valence-electron chi connectivity index (χ2n) is 8.73. The van der Waals surface area contributed by atoms with Crippen molar-refractivity contribution in [3.8, 4) is 0 Å². The molecule has 2 aromatic rings. The first-order chi connectivity index (χ1) is 16.7. The smallest absolute Gasteiger partial charge is 0.328 e. The Morgan fingerprint density at radius 2 is 1.91 bits per heavy atom. The van der Waals surface area contributed by atoms with Gasteiger partial charge in [-0.15, -0.1) is 0 Å². The number of anilines is 1. The first kappa shape index (κ1) is 22.8. The Hall–Kier alpha value is -4.00. The first-order valence-electron chi connectivity index (χ1n) is 10.8. The van der Waals surface area contributed by atoms with Gasteiger partial charge in [-0.25, -0.2) is 13.6 Å². The number of aromatic nitrogens is 2. The number of benzene rings is 1. The molecule has 3 aliphatic heterocycles. The summed E-state index contributed by atoms with van der Waals surface area (Å²) in [5.74, 6) is -4.27. The van der Waals surface area contributed by atoms with Gasteiger partial charge >= 0.3 is 6.03 Å². The van der Waals surface area contributed by atoms with Crippen molar-refractivity contribution in [3.63, 3.8) is 0 Å². The molecular weight excluding hydrogens is 466 g/mol. The molecule has 3 N–H and O–H groups in total. The van der Waals surface area contributed by atoms with Gasteiger partial charge in [0.1, 0.15) is 11.4 Å². The third-order valence-electron chi connectivity index (χ3n) is 6.63. The van der Waals surface area contributed by atoms with Gasteiger partial charge in [-0.2, -0.15) is 0 Å². The second-order valence-corrected chi connectivity index (χ2v) is 8.73. The molecule has 4 amide bonds. The maximum absolute atomic E-state index is 15.7. The molecule has 1 aromatic heterocycles. The third kappa shape index (κ3) is 3.26. The molecule has 35 heavy (non-hydrogen) atoms. The van der Waals surface area contributed by atoms with Crippen molar-refractivity contribution in [1.29, 1.82) is 0 Å². The van der Waals surface area contributed by atoms with Crippen molar-refractivity contribution in [2.75, 3.05) is 11.4 Å². The number of nitrogens with one attached hydrogen (secondary N) is 2. The SMILES string of the molecule is C[C@@H]1CN2c3c(cc(/C(=N/O)c4cnccn4)c(F)c3F)CC3(C(=O)NC(=O)NC3=O)[C@H]2[C@H](C)O1. The normalized spacial score (nSPS) is 25.6. The number of rotatable bonds is 2. The van der Waals surface area contributed by atoms with E-state index in [2.05, 4.69) is 25.8 Å². The van der Waals surface area contributed by atoms with Crippen LogP contribution in [0, 0.1) is 17.0 Å². The average Bonchev–Trinajstić information content (AvgIpc) is 2.81. The molecule has 13 heteroatoms. The largest absolute Gasteiger partial charge is 0.410 e. The van der Waals surface area contributed by atoms with Gasteiger partial charge in [0.05, 0.1) is 30.1 Å². The summed E-state index contributed by atoms with van der Waals surface area (Å²) in [6.45, 7) is 3.41. The number of amides is 4. The van der Waals surface area contributed by atoms with Crippen LogP contribution in [-0.2, 0) is 20.7 Å². The number of nitrogens with zero attached hydrogens (tertiary/aromatic N) is 4. The Morgan fingerprint density at radius 3 is 2.54 bits per heavy atom. The van der Waals surface area contributed by atoms with E-state index >= 15 is 8.78 Å². The molecule has 2 fully saturated rings. The van der Waals surface area contributed by atoms with Crippen LogP contribution in [-0.4, -0.2) is 63.5 Å². The fraction of sp³-hybridized carbons (Fsp3) is 0.364. The van der Waals surface area contributed by atoms with Crippen LogP contribution in [0.1, 0.15) is 30.7 Å². The molecule has 3 aliphatic rings. The van der Waals surface area contributed by atoms with Crippen LogP contribution in [0.25, 0.3) is 0 Å². The van der Waals surface area contributed by atoms with Gasteiger partial charge in [-0.1, -0.05) is 5.16 Å². The summed E-state index contributed by atoms with van der Waals surface area (Å²) in [6.07, 6.45) is 2.32. The number of hydrogen-bond acceptors (Lipinski definition) is 9. The lowest BCUT2D eigenvalue weighted by atomic mass is 9.66. The van der Waals surface area contributed by atoms with E-state index in [4.69, 9.17) is 4.74 Å². The summed E-state index contributed by atoms with van der Waals surface area (Å²) in [5.41, 5.74) is -2.72. The highest BCUT2D eigenvalue weighted by molar-refractivity contribution is 6.20. The van der Waals surface area contributed by atoms with Gasteiger partial charge in [0.15, 0.2) is 17.0 Å². The van der Waals surface area contributed by atoms with Gasteiger partial charge in [0.25, 0.3) is 0 Å². The van der Waals surface area contributed by atoms with Crippen LogP contribution >= 0.6 is 0 Å². The van der Waals surface area contributed by atoms with Gasteiger partial charge in [-0.05, 0) is 25.5 Å². The Morgan fingerprint density at radius 1 is 1.20 bits per heavy atom. The fourth-order valence-electron chi connectivity index (χ4n) is 5.37. The molecule has 1 spiro atoms. The summed E-state index contributed by atoms with van der Waals surface area (Å²) < 4.78 is 37.0. The molecule has 2 saturated heterocycles. The number of imide groups is 2. The third-order valence-corrected chi connectivity index (χ3v) is 6.63. The van der Waals surface area contributed by atoms with E-state index in [-0.39, 0.29) is 35.6 Å². The maximum Gasteiger partial charge on any atom is 0.328 e. The standard InChI is InChI=1S/C22H20F2N6O5/c1-9-8-30-17-11(5-12(14(23)15(17)24)16(29-34)13-7-25-3-4-26-13)6-22(18(30)10(2)35-9)19(31)27-21(33)28-20(22)32/h3-5,7,9-10,18,34H,6,8H2,1-2H3,(H2,27,28,31,32,33)/b29-16-/t9-,10+,18-/m1/s1. The minimum atomic E-state index is -1.87. The highest BCUT2D eigenvalue weighted by Crippen LogP contribution is 2.48. The Labute approximate surface area is 197 Å². The lowest BCUT2D eigenvalue weighted by Crippen LogP contribution is -2.75. The monoisotopic (exact) mass is 486 g/mol. The topological polar surface area (TPSA) is 146 Å². The molecule has 1 aromatic carbocycles. The van der Waals surface area contributed by atoms with E-state index in [1.807, 2.05) is 0 Å². The van der Waals surface area contributed by atoms with E-state index in [9.17, 15) is 19.6 Å². The number of halogens is 2. The van der Waals surface area contributed by atoms with Crippen molar-refractivity contribution in [2.45, 2.75) is 38.5 Å². The number of morpholine rings is 1. The van der Waals surface area contributed by atoms with Gasteiger partial charge in [0.2, 0.25) is 11.8 Å². The minimum absolute atomic E-state index is 0.0241. The Balaban J connectivity index is 1.74. The zero-order chi connectivity index (χ0) is 25.1. The molecule has 4 heterocycles. The molecule has 11 nitrogen and oxygen atoms in total. The van der Waals surface area contributed by atoms with Crippen molar-refractivity contribution >= 4 is 29.2 Å². The molecule has 0 aliphatic carbocycles. The maximum atomic E-state index is 15.7. The van der Waals surface area contributed by atoms with E-state index in [0.717, 1.165) is 0 Å². The van der Waals surface area contributed by atoms with Crippen LogP contribution in [0.2, 0.25) is 0 Å². The van der Waals surface area contributed by atoms with E-state index < -0.39 is 58.7 Å². The molecule has 0 bridgehead atoms. The van der Waals surface area contributed by atoms with Crippen LogP contribution in [0.5, 0.6) is 0 Å². The Bertz CT molecular complexity index is 1270. The van der Waals surface area contributed by atoms with Crippen LogP contribution in [0.4, 0.5) is 19.3 Å². The lowest BCUT2D eigenvalue weighted by molar-refractivity contribution is -0.153. The predicted octanol–water partition coefficient (Wildman–Crippen LogP) is 0.872.